The number of aromatic amines is 1. The van der Waals surface area contributed by atoms with Crippen molar-refractivity contribution in [1.82, 2.24) is 14.5 Å². The van der Waals surface area contributed by atoms with Crippen molar-refractivity contribution in [3.8, 4) is 17.0 Å². The van der Waals surface area contributed by atoms with E-state index < -0.39 is 22.8 Å². The lowest BCUT2D eigenvalue weighted by Crippen LogP contribution is -2.36. The lowest BCUT2D eigenvalue weighted by Gasteiger charge is -2.26. The van der Waals surface area contributed by atoms with Gasteiger partial charge in [-0.1, -0.05) is 0 Å². The predicted octanol–water partition coefficient (Wildman–Crippen LogP) is 2.26. The number of aryl methyl sites for hydroxylation is 2. The summed E-state index contributed by atoms with van der Waals surface area (Å²) in [5, 5.41) is 20.9. The number of pyridine rings is 1. The Morgan fingerprint density at radius 1 is 1.19 bits per heavy atom. The van der Waals surface area contributed by atoms with E-state index in [-0.39, 0.29) is 0 Å². The van der Waals surface area contributed by atoms with Gasteiger partial charge in [0.1, 0.15) is 5.75 Å². The zero-order chi connectivity index (χ0) is 21.7. The second kappa shape index (κ2) is 7.55. The first-order valence-electron chi connectivity index (χ1n) is 10.6. The Morgan fingerprint density at radius 3 is 2.71 bits per heavy atom. The number of nitrogens with one attached hydrogen (secondary N) is 1. The van der Waals surface area contributed by atoms with Crippen LogP contribution < -0.4 is 5.56 Å². The largest absolute Gasteiger partial charge is 0.506 e. The summed E-state index contributed by atoms with van der Waals surface area (Å²) in [4.78, 5) is 29.0. The molecule has 3 N–H and O–H groups in total. The molecule has 3 heterocycles. The van der Waals surface area contributed by atoms with Crippen molar-refractivity contribution in [2.75, 3.05) is 26.3 Å². The van der Waals surface area contributed by atoms with E-state index in [1.807, 2.05) is 6.07 Å². The number of hydrogen-bond donors (Lipinski definition) is 3. The monoisotopic (exact) mass is 423 g/mol. The fourth-order valence-electron chi connectivity index (χ4n) is 4.82. The molecule has 0 bridgehead atoms. The minimum absolute atomic E-state index is 0.416. The number of fused-ring (bicyclic) bond motifs is 4. The van der Waals surface area contributed by atoms with Gasteiger partial charge in [0.15, 0.2) is 5.56 Å². The second-order valence-corrected chi connectivity index (χ2v) is 8.34. The Bertz CT molecular complexity index is 1250. The smallest absolute Gasteiger partial charge is 0.345 e. The number of benzene rings is 1. The van der Waals surface area contributed by atoms with Crippen molar-refractivity contribution in [3.05, 3.63) is 50.9 Å². The number of nitrogens with zero attached hydrogens (tertiary/aromatic N) is 2. The van der Waals surface area contributed by atoms with Crippen molar-refractivity contribution in [3.63, 3.8) is 0 Å². The van der Waals surface area contributed by atoms with Gasteiger partial charge in [-0.05, 0) is 43.0 Å². The maximum atomic E-state index is 12.4. The van der Waals surface area contributed by atoms with Crippen LogP contribution in [-0.2, 0) is 31.2 Å². The summed E-state index contributed by atoms with van der Waals surface area (Å²) in [6, 6.07) is 6.37. The number of aromatic hydroxyl groups is 1. The number of carboxylic acid groups (broad SMARTS) is 1. The van der Waals surface area contributed by atoms with E-state index in [0.29, 0.717) is 17.7 Å². The van der Waals surface area contributed by atoms with Crippen LogP contribution in [0.25, 0.3) is 22.2 Å². The highest BCUT2D eigenvalue weighted by Gasteiger charge is 2.26. The van der Waals surface area contributed by atoms with Crippen LogP contribution in [0.4, 0.5) is 0 Å². The van der Waals surface area contributed by atoms with Gasteiger partial charge in [0.25, 0.3) is 5.56 Å². The van der Waals surface area contributed by atoms with Crippen LogP contribution in [0.15, 0.2) is 23.0 Å². The highest BCUT2D eigenvalue weighted by atomic mass is 16.5. The first kappa shape index (κ1) is 19.8. The first-order valence-corrected chi connectivity index (χ1v) is 10.6. The van der Waals surface area contributed by atoms with Crippen molar-refractivity contribution in [2.45, 2.75) is 25.8 Å². The summed E-state index contributed by atoms with van der Waals surface area (Å²) < 4.78 is 7.66. The number of aromatic carboxylic acids is 1. The van der Waals surface area contributed by atoms with Gasteiger partial charge in [-0.25, -0.2) is 4.79 Å². The zero-order valence-electron chi connectivity index (χ0n) is 17.4. The predicted molar refractivity (Wildman–Crippen MR) is 116 cm³/mol. The molecule has 0 saturated carbocycles. The summed E-state index contributed by atoms with van der Waals surface area (Å²) in [5.41, 5.74) is 3.93. The molecule has 1 aliphatic heterocycles. The molecule has 5 rings (SSSR count). The van der Waals surface area contributed by atoms with Crippen LogP contribution in [0.2, 0.25) is 0 Å². The average molecular weight is 423 g/mol. The van der Waals surface area contributed by atoms with E-state index in [4.69, 9.17) is 4.74 Å². The number of carboxylic acids is 1. The number of carbonyl (C=O) groups is 1. The molecular formula is C23H25N3O5. The molecule has 0 unspecified atom stereocenters. The molecule has 2 aromatic heterocycles. The van der Waals surface area contributed by atoms with Gasteiger partial charge in [-0.3, -0.25) is 9.69 Å². The molecular weight excluding hydrogens is 398 g/mol. The molecule has 1 aliphatic carbocycles. The lowest BCUT2D eigenvalue weighted by atomic mass is 9.98. The molecule has 2 aliphatic rings. The average Bonchev–Trinajstić information content (AvgIpc) is 2.92. The summed E-state index contributed by atoms with van der Waals surface area (Å²) in [6.07, 6.45) is 2.05. The third-order valence-corrected chi connectivity index (χ3v) is 6.50. The Morgan fingerprint density at radius 2 is 1.97 bits per heavy atom. The SMILES string of the molecule is Cn1c(CN2CCOCC2)cc2cc3c(cc21)CCCc1c-3[nH]c(=O)c(C(=O)O)c1O. The molecule has 162 valence electrons. The molecule has 3 aromatic rings. The van der Waals surface area contributed by atoms with Crippen molar-refractivity contribution < 1.29 is 19.7 Å². The molecule has 31 heavy (non-hydrogen) atoms. The van der Waals surface area contributed by atoms with Gasteiger partial charge in [0.2, 0.25) is 0 Å². The maximum absolute atomic E-state index is 12.4. The minimum atomic E-state index is -1.42. The highest BCUT2D eigenvalue weighted by Crippen LogP contribution is 2.38. The topological polar surface area (TPSA) is 108 Å². The Balaban J connectivity index is 1.64. The summed E-state index contributed by atoms with van der Waals surface area (Å²) in [7, 11) is 2.07. The highest BCUT2D eigenvalue weighted by molar-refractivity contribution is 5.93. The van der Waals surface area contributed by atoms with Crippen molar-refractivity contribution >= 4 is 16.9 Å². The lowest BCUT2D eigenvalue weighted by molar-refractivity contribution is 0.0333. The number of hydrogen-bond acceptors (Lipinski definition) is 5. The van der Waals surface area contributed by atoms with Gasteiger partial charge in [0, 0.05) is 54.4 Å². The van der Waals surface area contributed by atoms with Crippen LogP contribution in [0.1, 0.15) is 33.6 Å². The molecule has 0 spiro atoms. The molecule has 8 heteroatoms. The Labute approximate surface area is 178 Å². The molecule has 1 saturated heterocycles. The third kappa shape index (κ3) is 3.32. The third-order valence-electron chi connectivity index (χ3n) is 6.50. The Hall–Kier alpha value is -3.10. The quantitative estimate of drug-likeness (QED) is 0.597. The molecule has 0 amide bonds. The number of H-pyrrole nitrogens is 1. The molecule has 1 aromatic carbocycles. The van der Waals surface area contributed by atoms with E-state index in [0.717, 1.165) is 67.7 Å². The van der Waals surface area contributed by atoms with Gasteiger partial charge >= 0.3 is 5.97 Å². The zero-order valence-corrected chi connectivity index (χ0v) is 17.4. The van der Waals surface area contributed by atoms with Crippen LogP contribution >= 0.6 is 0 Å². The summed E-state index contributed by atoms with van der Waals surface area (Å²) >= 11 is 0. The van der Waals surface area contributed by atoms with Crippen LogP contribution in [0.5, 0.6) is 5.75 Å². The number of aromatic nitrogens is 2. The van der Waals surface area contributed by atoms with E-state index in [2.05, 4.69) is 33.6 Å². The van der Waals surface area contributed by atoms with E-state index >= 15 is 0 Å². The molecule has 0 radical (unpaired) electrons. The number of morpholine rings is 1. The molecule has 1 fully saturated rings. The summed E-state index contributed by atoms with van der Waals surface area (Å²) in [5.74, 6) is -1.84. The number of rotatable bonds is 3. The van der Waals surface area contributed by atoms with Crippen molar-refractivity contribution in [1.29, 1.82) is 0 Å². The normalized spacial score (nSPS) is 16.7. The van der Waals surface area contributed by atoms with E-state index in [9.17, 15) is 19.8 Å². The maximum Gasteiger partial charge on any atom is 0.345 e. The van der Waals surface area contributed by atoms with Crippen molar-refractivity contribution in [2.24, 2.45) is 7.05 Å². The fourth-order valence-corrected chi connectivity index (χ4v) is 4.82. The van der Waals surface area contributed by atoms with Gasteiger partial charge in [0.05, 0.1) is 18.9 Å². The van der Waals surface area contributed by atoms with Crippen LogP contribution in [-0.4, -0.2) is 56.9 Å². The van der Waals surface area contributed by atoms with Gasteiger partial charge < -0.3 is 24.5 Å². The van der Waals surface area contributed by atoms with Gasteiger partial charge in [-0.15, -0.1) is 0 Å². The molecule has 0 atom stereocenters. The number of ether oxygens (including phenoxy) is 1. The second-order valence-electron chi connectivity index (χ2n) is 8.34. The van der Waals surface area contributed by atoms with E-state index in [1.54, 1.807) is 0 Å². The summed E-state index contributed by atoms with van der Waals surface area (Å²) in [6.45, 7) is 4.18. The minimum Gasteiger partial charge on any atom is -0.506 e. The Kier molecular flexibility index (Phi) is 4.83. The molecule has 8 nitrogen and oxygen atoms in total. The van der Waals surface area contributed by atoms with Crippen LogP contribution in [0, 0.1) is 0 Å². The standard InChI is InChI=1S/C23H25N3O5/c1-25-15(12-26-5-7-31-8-6-26)9-14-10-17-13(11-18(14)25)3-2-4-16-20(17)24-22(28)19(21(16)27)23(29)30/h9-11H,2-8,12H2,1H3,(H,29,30)(H2,24,27,28). The first-order chi connectivity index (χ1) is 14.9. The van der Waals surface area contributed by atoms with E-state index in [1.165, 1.54) is 5.69 Å². The van der Waals surface area contributed by atoms with Crippen LogP contribution in [0.3, 0.4) is 0 Å². The fraction of sp³-hybridized carbons (Fsp3) is 0.391. The van der Waals surface area contributed by atoms with Gasteiger partial charge in [-0.2, -0.15) is 0 Å².